The van der Waals surface area contributed by atoms with Gasteiger partial charge in [-0.2, -0.15) is 0 Å². The van der Waals surface area contributed by atoms with Crippen LogP contribution in [0, 0.1) is 0 Å². The Bertz CT molecular complexity index is 757. The van der Waals surface area contributed by atoms with Gasteiger partial charge in [0.2, 0.25) is 0 Å². The summed E-state index contributed by atoms with van der Waals surface area (Å²) in [4.78, 5) is 2.28. The SMILES string of the molecule is CCOc1ccc(OCCN(C)c2cccc(S(C)(=O)=O)c2)cc1. The number of hydrogen-bond acceptors (Lipinski definition) is 5. The molecule has 0 bridgehead atoms. The highest BCUT2D eigenvalue weighted by Crippen LogP contribution is 2.19. The maximum absolute atomic E-state index is 11.6. The van der Waals surface area contributed by atoms with Gasteiger partial charge in [-0.15, -0.1) is 0 Å². The van der Waals surface area contributed by atoms with Crippen molar-refractivity contribution >= 4 is 15.5 Å². The summed E-state index contributed by atoms with van der Waals surface area (Å²) in [5.41, 5.74) is 0.841. The molecule has 0 heterocycles. The highest BCUT2D eigenvalue weighted by molar-refractivity contribution is 7.90. The lowest BCUT2D eigenvalue weighted by Gasteiger charge is -2.20. The van der Waals surface area contributed by atoms with Gasteiger partial charge in [-0.3, -0.25) is 0 Å². The number of nitrogens with zero attached hydrogens (tertiary/aromatic N) is 1. The molecule has 0 saturated heterocycles. The first-order valence-electron chi connectivity index (χ1n) is 7.77. The third-order valence-electron chi connectivity index (χ3n) is 3.52. The topological polar surface area (TPSA) is 55.8 Å². The second kappa shape index (κ2) is 8.06. The number of sulfone groups is 1. The first kappa shape index (κ1) is 18.1. The van der Waals surface area contributed by atoms with Crippen molar-refractivity contribution in [1.82, 2.24) is 0 Å². The second-order valence-electron chi connectivity index (χ2n) is 5.44. The molecule has 0 aliphatic heterocycles. The van der Waals surface area contributed by atoms with Gasteiger partial charge < -0.3 is 14.4 Å². The molecule has 2 aromatic carbocycles. The average Bonchev–Trinajstić information content (AvgIpc) is 2.56. The Balaban J connectivity index is 1.90. The van der Waals surface area contributed by atoms with Crippen LogP contribution in [0.3, 0.4) is 0 Å². The lowest BCUT2D eigenvalue weighted by Crippen LogP contribution is -2.23. The predicted molar refractivity (Wildman–Crippen MR) is 95.9 cm³/mol. The van der Waals surface area contributed by atoms with Crippen molar-refractivity contribution < 1.29 is 17.9 Å². The van der Waals surface area contributed by atoms with Crippen LogP contribution in [0.15, 0.2) is 53.4 Å². The predicted octanol–water partition coefficient (Wildman–Crippen LogP) is 3.00. The zero-order chi connectivity index (χ0) is 17.6. The van der Waals surface area contributed by atoms with Crippen LogP contribution in [0.2, 0.25) is 0 Å². The molecule has 0 amide bonds. The number of benzene rings is 2. The number of rotatable bonds is 8. The Kier molecular flexibility index (Phi) is 6.09. The van der Waals surface area contributed by atoms with Crippen LogP contribution in [0.5, 0.6) is 11.5 Å². The summed E-state index contributed by atoms with van der Waals surface area (Å²) in [5, 5.41) is 0. The summed E-state index contributed by atoms with van der Waals surface area (Å²) < 4.78 is 34.4. The van der Waals surface area contributed by atoms with E-state index in [9.17, 15) is 8.42 Å². The lowest BCUT2D eigenvalue weighted by atomic mass is 10.3. The molecule has 24 heavy (non-hydrogen) atoms. The third kappa shape index (κ3) is 5.16. The van der Waals surface area contributed by atoms with E-state index in [0.717, 1.165) is 17.2 Å². The summed E-state index contributed by atoms with van der Waals surface area (Å²) in [6, 6.07) is 14.4. The fraction of sp³-hybridized carbons (Fsp3) is 0.333. The quantitative estimate of drug-likeness (QED) is 0.733. The number of anilines is 1. The molecular formula is C18H23NO4S. The first-order valence-corrected chi connectivity index (χ1v) is 9.66. The van der Waals surface area contributed by atoms with Crippen molar-refractivity contribution in [3.8, 4) is 11.5 Å². The van der Waals surface area contributed by atoms with Gasteiger partial charge in [-0.25, -0.2) is 8.42 Å². The van der Waals surface area contributed by atoms with Gasteiger partial charge in [0.05, 0.1) is 18.0 Å². The standard InChI is InChI=1S/C18H23NO4S/c1-4-22-16-8-10-17(11-9-16)23-13-12-19(2)15-6-5-7-18(14-15)24(3,20)21/h5-11,14H,4,12-13H2,1-3H3. The van der Waals surface area contributed by atoms with E-state index in [4.69, 9.17) is 9.47 Å². The van der Waals surface area contributed by atoms with Crippen LogP contribution in [-0.4, -0.2) is 41.5 Å². The van der Waals surface area contributed by atoms with Crippen LogP contribution < -0.4 is 14.4 Å². The third-order valence-corrected chi connectivity index (χ3v) is 4.63. The average molecular weight is 349 g/mol. The van der Waals surface area contributed by atoms with E-state index in [1.807, 2.05) is 49.2 Å². The summed E-state index contributed by atoms with van der Waals surface area (Å²) >= 11 is 0. The molecule has 0 N–H and O–H groups in total. The summed E-state index contributed by atoms with van der Waals surface area (Å²) in [6.07, 6.45) is 1.21. The molecule has 0 radical (unpaired) electrons. The fourth-order valence-corrected chi connectivity index (χ4v) is 2.84. The fourth-order valence-electron chi connectivity index (χ4n) is 2.18. The highest BCUT2D eigenvalue weighted by Gasteiger charge is 2.09. The maximum atomic E-state index is 11.6. The minimum absolute atomic E-state index is 0.319. The maximum Gasteiger partial charge on any atom is 0.175 e. The molecule has 130 valence electrons. The van der Waals surface area contributed by atoms with E-state index >= 15 is 0 Å². The van der Waals surface area contributed by atoms with Gasteiger partial charge in [0.15, 0.2) is 9.84 Å². The molecule has 0 aliphatic rings. The Morgan fingerprint density at radius 3 is 2.21 bits per heavy atom. The molecule has 2 rings (SSSR count). The smallest absolute Gasteiger partial charge is 0.175 e. The zero-order valence-corrected chi connectivity index (χ0v) is 15.0. The van der Waals surface area contributed by atoms with E-state index in [1.54, 1.807) is 18.2 Å². The Morgan fingerprint density at radius 2 is 1.62 bits per heavy atom. The molecule has 2 aromatic rings. The first-order chi connectivity index (χ1) is 11.4. The van der Waals surface area contributed by atoms with Gasteiger partial charge in [0.25, 0.3) is 0 Å². The van der Waals surface area contributed by atoms with Crippen LogP contribution in [0.1, 0.15) is 6.92 Å². The summed E-state index contributed by atoms with van der Waals surface area (Å²) in [6.45, 7) is 3.71. The second-order valence-corrected chi connectivity index (χ2v) is 7.46. The Hall–Kier alpha value is -2.21. The van der Waals surface area contributed by atoms with Gasteiger partial charge in [-0.05, 0) is 49.4 Å². The van der Waals surface area contributed by atoms with E-state index in [2.05, 4.69) is 0 Å². The van der Waals surface area contributed by atoms with Crippen molar-refractivity contribution in [2.24, 2.45) is 0 Å². The zero-order valence-electron chi connectivity index (χ0n) is 14.2. The van der Waals surface area contributed by atoms with E-state index < -0.39 is 9.84 Å². The summed E-state index contributed by atoms with van der Waals surface area (Å²) in [5.74, 6) is 1.59. The Morgan fingerprint density at radius 1 is 1.00 bits per heavy atom. The lowest BCUT2D eigenvalue weighted by molar-refractivity contribution is 0.321. The number of hydrogen-bond donors (Lipinski definition) is 0. The minimum Gasteiger partial charge on any atom is -0.494 e. The largest absolute Gasteiger partial charge is 0.494 e. The van der Waals surface area contributed by atoms with Crippen LogP contribution in [0.4, 0.5) is 5.69 Å². The van der Waals surface area contributed by atoms with E-state index in [1.165, 1.54) is 6.26 Å². The van der Waals surface area contributed by atoms with E-state index in [0.29, 0.717) is 24.7 Å². The monoisotopic (exact) mass is 349 g/mol. The van der Waals surface area contributed by atoms with E-state index in [-0.39, 0.29) is 0 Å². The molecular weight excluding hydrogens is 326 g/mol. The van der Waals surface area contributed by atoms with Gasteiger partial charge in [0, 0.05) is 19.0 Å². The van der Waals surface area contributed by atoms with Gasteiger partial charge in [0.1, 0.15) is 18.1 Å². The molecule has 6 heteroatoms. The molecule has 0 spiro atoms. The molecule has 5 nitrogen and oxygen atoms in total. The molecule has 0 aliphatic carbocycles. The molecule has 0 aromatic heterocycles. The normalized spacial score (nSPS) is 11.1. The molecule has 0 fully saturated rings. The molecule has 0 saturated carbocycles. The Labute approximate surface area is 143 Å². The van der Waals surface area contributed by atoms with Crippen molar-refractivity contribution in [3.63, 3.8) is 0 Å². The highest BCUT2D eigenvalue weighted by atomic mass is 32.2. The number of likely N-dealkylation sites (N-methyl/N-ethyl adjacent to an activating group) is 1. The number of ether oxygens (including phenoxy) is 2. The van der Waals surface area contributed by atoms with Crippen molar-refractivity contribution in [1.29, 1.82) is 0 Å². The van der Waals surface area contributed by atoms with Gasteiger partial charge >= 0.3 is 0 Å². The van der Waals surface area contributed by atoms with Crippen LogP contribution >= 0.6 is 0 Å². The van der Waals surface area contributed by atoms with Crippen LogP contribution in [0.25, 0.3) is 0 Å². The minimum atomic E-state index is -3.20. The molecule has 0 atom stereocenters. The van der Waals surface area contributed by atoms with Crippen molar-refractivity contribution in [3.05, 3.63) is 48.5 Å². The summed E-state index contributed by atoms with van der Waals surface area (Å²) in [7, 11) is -1.30. The molecule has 0 unspecified atom stereocenters. The van der Waals surface area contributed by atoms with Crippen molar-refractivity contribution in [2.75, 3.05) is 38.0 Å². The van der Waals surface area contributed by atoms with Gasteiger partial charge in [-0.1, -0.05) is 6.07 Å². The van der Waals surface area contributed by atoms with Crippen LogP contribution in [-0.2, 0) is 9.84 Å². The van der Waals surface area contributed by atoms with Crippen molar-refractivity contribution in [2.45, 2.75) is 11.8 Å².